The van der Waals surface area contributed by atoms with Crippen LogP contribution in [0.2, 0.25) is 0 Å². The van der Waals surface area contributed by atoms with Gasteiger partial charge in [-0.3, -0.25) is 9.59 Å². The number of nitrogens with zero attached hydrogens (tertiary/aromatic N) is 1. The zero-order chi connectivity index (χ0) is 29.9. The van der Waals surface area contributed by atoms with Crippen molar-refractivity contribution in [3.05, 3.63) is 113 Å². The summed E-state index contributed by atoms with van der Waals surface area (Å²) >= 11 is 6.99. The molecule has 0 saturated carbocycles. The first-order chi connectivity index (χ1) is 20.1. The van der Waals surface area contributed by atoms with Gasteiger partial charge in [0.2, 0.25) is 0 Å². The number of hydrogen-bond acceptors (Lipinski definition) is 5. The molecule has 3 aromatic rings. The molecule has 8 heteroatoms. The van der Waals surface area contributed by atoms with E-state index in [9.17, 15) is 9.59 Å². The molecule has 7 nitrogen and oxygen atoms in total. The highest BCUT2D eigenvalue weighted by molar-refractivity contribution is 6.28. The molecule has 0 radical (unpaired) electrons. The van der Waals surface area contributed by atoms with E-state index < -0.39 is 4.87 Å². The molecule has 2 aliphatic rings. The number of amides is 2. The maximum absolute atomic E-state index is 13.4. The second-order valence-corrected chi connectivity index (χ2v) is 11.8. The van der Waals surface area contributed by atoms with Gasteiger partial charge in [-0.15, -0.1) is 11.6 Å². The minimum atomic E-state index is -0.978. The summed E-state index contributed by atoms with van der Waals surface area (Å²) in [4.78, 5) is 28.1. The Labute approximate surface area is 252 Å². The molecular formula is C34H36ClN5O2. The molecule has 42 heavy (non-hydrogen) atoms. The van der Waals surface area contributed by atoms with Crippen LogP contribution in [0.3, 0.4) is 0 Å². The smallest absolute Gasteiger partial charge is 0.255 e. The Balaban J connectivity index is 1.52. The van der Waals surface area contributed by atoms with Crippen LogP contribution < -0.4 is 26.6 Å². The van der Waals surface area contributed by atoms with E-state index in [1.165, 1.54) is 0 Å². The minimum absolute atomic E-state index is 0.197. The number of nitrogens with two attached hydrogens (primary N) is 1. The monoisotopic (exact) mass is 581 g/mol. The first kappa shape index (κ1) is 29.2. The number of benzene rings is 3. The van der Waals surface area contributed by atoms with Crippen molar-refractivity contribution >= 4 is 51.7 Å². The lowest BCUT2D eigenvalue weighted by atomic mass is 9.94. The molecule has 1 aliphatic heterocycles. The summed E-state index contributed by atoms with van der Waals surface area (Å²) in [6, 6.07) is 20.7. The number of carbonyl (C=O) groups excluding carboxylic acids is 2. The standard InChI is InChI=1S/C34H36ClN5O2/c1-22-8-10-24(11-9-22)32(41)39-31-19-26(40-16-14-37-15-17-40)12-13-27(31)28-21-34(3,35)20-25(18-23(28)2)33(42)38-30-7-5-4-6-29(30)36/h4-13,18-21,37H,14-17,36H2,1-3H3,(H,38,42)(H,39,41). The largest absolute Gasteiger partial charge is 0.397 e. The van der Waals surface area contributed by atoms with Crippen LogP contribution in [-0.2, 0) is 4.79 Å². The van der Waals surface area contributed by atoms with E-state index in [1.807, 2.05) is 81.5 Å². The maximum atomic E-state index is 13.4. The fraction of sp³-hybridized carbons (Fsp3) is 0.235. The van der Waals surface area contributed by atoms with E-state index in [1.54, 1.807) is 18.2 Å². The van der Waals surface area contributed by atoms with E-state index in [0.717, 1.165) is 54.1 Å². The molecule has 0 aromatic heterocycles. The van der Waals surface area contributed by atoms with Gasteiger partial charge in [0.15, 0.2) is 0 Å². The lowest BCUT2D eigenvalue weighted by molar-refractivity contribution is -0.112. The number of piperazine rings is 1. The van der Waals surface area contributed by atoms with Crippen molar-refractivity contribution in [1.29, 1.82) is 0 Å². The number of halogens is 1. The van der Waals surface area contributed by atoms with Crippen molar-refractivity contribution in [3.8, 4) is 0 Å². The third-order valence-electron chi connectivity index (χ3n) is 7.47. The van der Waals surface area contributed by atoms with Crippen LogP contribution in [0.15, 0.2) is 96.1 Å². The summed E-state index contributed by atoms with van der Waals surface area (Å²) < 4.78 is 0. The molecule has 5 rings (SSSR count). The van der Waals surface area contributed by atoms with Gasteiger partial charge in [-0.2, -0.15) is 0 Å². The number of para-hydroxylation sites is 2. The Morgan fingerprint density at radius 1 is 0.905 bits per heavy atom. The van der Waals surface area contributed by atoms with Gasteiger partial charge < -0.3 is 26.6 Å². The third-order valence-corrected chi connectivity index (χ3v) is 7.69. The van der Waals surface area contributed by atoms with E-state index in [-0.39, 0.29) is 11.8 Å². The number of anilines is 4. The van der Waals surface area contributed by atoms with Crippen LogP contribution in [-0.4, -0.2) is 42.9 Å². The average Bonchev–Trinajstić information content (AvgIpc) is 3.09. The van der Waals surface area contributed by atoms with Crippen molar-refractivity contribution in [3.63, 3.8) is 0 Å². The van der Waals surface area contributed by atoms with Crippen LogP contribution in [0.1, 0.15) is 35.3 Å². The summed E-state index contributed by atoms with van der Waals surface area (Å²) in [6.45, 7) is 9.32. The molecule has 1 aliphatic carbocycles. The highest BCUT2D eigenvalue weighted by atomic mass is 35.5. The molecule has 5 N–H and O–H groups in total. The molecule has 1 unspecified atom stereocenters. The van der Waals surface area contributed by atoms with Gasteiger partial charge in [-0.25, -0.2) is 0 Å². The van der Waals surface area contributed by atoms with Crippen molar-refractivity contribution in [2.45, 2.75) is 25.6 Å². The topological polar surface area (TPSA) is 99.5 Å². The van der Waals surface area contributed by atoms with Gasteiger partial charge in [0.1, 0.15) is 0 Å². The van der Waals surface area contributed by atoms with Gasteiger partial charge in [0, 0.05) is 48.6 Å². The maximum Gasteiger partial charge on any atom is 0.255 e. The molecule has 3 aromatic carbocycles. The normalized spacial score (nSPS) is 18.8. The Kier molecular flexibility index (Phi) is 8.52. The first-order valence-corrected chi connectivity index (χ1v) is 14.4. The number of nitrogen functional groups attached to an aromatic ring is 1. The first-order valence-electron chi connectivity index (χ1n) is 14.1. The van der Waals surface area contributed by atoms with Crippen LogP contribution >= 0.6 is 11.6 Å². The Bertz CT molecular complexity index is 1600. The van der Waals surface area contributed by atoms with E-state index in [4.69, 9.17) is 17.3 Å². The summed E-state index contributed by atoms with van der Waals surface area (Å²) in [5, 5.41) is 9.45. The van der Waals surface area contributed by atoms with Crippen molar-refractivity contribution < 1.29 is 9.59 Å². The summed E-state index contributed by atoms with van der Waals surface area (Å²) in [6.07, 6.45) is 5.49. The van der Waals surface area contributed by atoms with Gasteiger partial charge >= 0.3 is 0 Å². The highest BCUT2D eigenvalue weighted by Gasteiger charge is 2.26. The lowest BCUT2D eigenvalue weighted by Gasteiger charge is -2.30. The molecule has 2 amide bonds. The summed E-state index contributed by atoms with van der Waals surface area (Å²) in [5.74, 6) is -0.507. The van der Waals surface area contributed by atoms with Crippen molar-refractivity contribution in [2.75, 3.05) is 47.4 Å². The van der Waals surface area contributed by atoms with E-state index >= 15 is 0 Å². The number of nitrogens with one attached hydrogen (secondary N) is 3. The molecular weight excluding hydrogens is 546 g/mol. The number of carbonyl (C=O) groups is 2. The number of allylic oxidation sites excluding steroid dienone is 4. The second-order valence-electron chi connectivity index (χ2n) is 11.0. The fourth-order valence-corrected chi connectivity index (χ4v) is 5.44. The van der Waals surface area contributed by atoms with Crippen molar-refractivity contribution in [2.24, 2.45) is 0 Å². The lowest BCUT2D eigenvalue weighted by Crippen LogP contribution is -2.43. The zero-order valence-corrected chi connectivity index (χ0v) is 24.9. The molecule has 0 bridgehead atoms. The van der Waals surface area contributed by atoms with Crippen LogP contribution in [0, 0.1) is 6.92 Å². The Morgan fingerprint density at radius 3 is 2.31 bits per heavy atom. The zero-order valence-electron chi connectivity index (χ0n) is 24.1. The van der Waals surface area contributed by atoms with Crippen LogP contribution in [0.4, 0.5) is 22.7 Å². The summed E-state index contributed by atoms with van der Waals surface area (Å²) in [7, 11) is 0. The van der Waals surface area contributed by atoms with Crippen LogP contribution in [0.25, 0.3) is 5.57 Å². The van der Waals surface area contributed by atoms with Gasteiger partial charge in [-0.1, -0.05) is 42.0 Å². The molecule has 1 fully saturated rings. The number of aryl methyl sites for hydroxylation is 1. The minimum Gasteiger partial charge on any atom is -0.397 e. The number of hydrogen-bond donors (Lipinski definition) is 4. The number of rotatable bonds is 6. The Morgan fingerprint density at radius 2 is 1.60 bits per heavy atom. The molecule has 1 saturated heterocycles. The van der Waals surface area contributed by atoms with Crippen LogP contribution in [0.5, 0.6) is 0 Å². The molecule has 0 spiro atoms. The Hall–Kier alpha value is -4.33. The fourth-order valence-electron chi connectivity index (χ4n) is 5.21. The predicted octanol–water partition coefficient (Wildman–Crippen LogP) is 6.15. The molecule has 216 valence electrons. The van der Waals surface area contributed by atoms with E-state index in [2.05, 4.69) is 26.9 Å². The van der Waals surface area contributed by atoms with Crippen molar-refractivity contribution in [1.82, 2.24) is 5.32 Å². The quantitative estimate of drug-likeness (QED) is 0.207. The second kappa shape index (κ2) is 12.3. The average molecular weight is 582 g/mol. The van der Waals surface area contributed by atoms with Gasteiger partial charge in [0.05, 0.1) is 21.9 Å². The van der Waals surface area contributed by atoms with E-state index in [0.29, 0.717) is 28.2 Å². The third kappa shape index (κ3) is 6.75. The number of alkyl halides is 1. The van der Waals surface area contributed by atoms with Gasteiger partial charge in [0.25, 0.3) is 11.8 Å². The SMILES string of the molecule is CC1=CC(C(=O)Nc2ccccc2N)=CC(C)(Cl)C=C1c1ccc(N2CCNCC2)cc1NC(=O)c1ccc(C)cc1. The molecule has 1 atom stereocenters. The predicted molar refractivity (Wildman–Crippen MR) is 174 cm³/mol. The van der Waals surface area contributed by atoms with Gasteiger partial charge in [-0.05, 0) is 80.5 Å². The highest BCUT2D eigenvalue weighted by Crippen LogP contribution is 2.39. The summed E-state index contributed by atoms with van der Waals surface area (Å²) in [5.41, 5.74) is 13.3. The molecule has 1 heterocycles.